The lowest BCUT2D eigenvalue weighted by molar-refractivity contribution is -0.386. The minimum atomic E-state index is -0.611. The third kappa shape index (κ3) is 2.50. The van der Waals surface area contributed by atoms with Crippen LogP contribution in [0.1, 0.15) is 18.4 Å². The van der Waals surface area contributed by atoms with Gasteiger partial charge in [0.05, 0.1) is 30.3 Å². The van der Waals surface area contributed by atoms with Gasteiger partial charge in [-0.15, -0.1) is 0 Å². The maximum Gasteiger partial charge on any atom is 0.278 e. The van der Waals surface area contributed by atoms with E-state index in [0.29, 0.717) is 12.8 Å². The van der Waals surface area contributed by atoms with Crippen LogP contribution in [0, 0.1) is 10.1 Å². The molecular weight excluding hydrogens is 254 g/mol. The largest absolute Gasteiger partial charge is 0.493 e. The molecule has 0 spiro atoms. The minimum absolute atomic E-state index is 0.0315. The number of nitro benzene ring substituents is 1. The number of Topliss-reactive ketones (excluding diaryl/α,β-unsaturated/α-hetero) is 1. The highest BCUT2D eigenvalue weighted by Crippen LogP contribution is 2.36. The maximum atomic E-state index is 11.2. The molecule has 1 fully saturated rings. The molecule has 102 valence electrons. The molecule has 0 heterocycles. The predicted molar refractivity (Wildman–Crippen MR) is 64.2 cm³/mol. The first-order valence-corrected chi connectivity index (χ1v) is 5.72. The zero-order valence-corrected chi connectivity index (χ0v) is 10.3. The van der Waals surface area contributed by atoms with Crippen LogP contribution in [0.2, 0.25) is 0 Å². The van der Waals surface area contributed by atoms with Gasteiger partial charge in [-0.1, -0.05) is 0 Å². The fourth-order valence-electron chi connectivity index (χ4n) is 1.80. The lowest BCUT2D eigenvalue weighted by Gasteiger charge is -2.25. The highest BCUT2D eigenvalue weighted by Gasteiger charge is 2.31. The molecule has 1 N–H and O–H groups in total. The summed E-state index contributed by atoms with van der Waals surface area (Å²) in [5.74, 6) is 0.370. The van der Waals surface area contributed by atoms with Gasteiger partial charge in [0.25, 0.3) is 5.69 Å². The molecule has 7 nitrogen and oxygen atoms in total. The van der Waals surface area contributed by atoms with Crippen LogP contribution in [0.3, 0.4) is 0 Å². The topological polar surface area (TPSA) is 98.9 Å². The number of aliphatic hydroxyl groups is 1. The average molecular weight is 267 g/mol. The first kappa shape index (κ1) is 13.3. The number of rotatable bonds is 5. The van der Waals surface area contributed by atoms with Crippen molar-refractivity contribution in [2.24, 2.45) is 0 Å². The average Bonchev–Trinajstić information content (AvgIpc) is 2.41. The molecule has 0 aromatic heterocycles. The number of aliphatic hydroxyl groups excluding tert-OH is 1. The molecule has 1 saturated carbocycles. The van der Waals surface area contributed by atoms with E-state index in [1.807, 2.05) is 0 Å². The second-order valence-electron chi connectivity index (χ2n) is 4.16. The normalized spacial score (nSPS) is 17.8. The van der Waals surface area contributed by atoms with Gasteiger partial charge in [-0.05, 0) is 12.5 Å². The molecule has 0 radical (unpaired) electrons. The third-order valence-electron chi connectivity index (χ3n) is 3.01. The highest BCUT2D eigenvalue weighted by atomic mass is 16.6. The first-order valence-electron chi connectivity index (χ1n) is 5.72. The van der Waals surface area contributed by atoms with Crippen molar-refractivity contribution in [3.8, 4) is 11.5 Å². The Morgan fingerprint density at radius 2 is 2.21 bits per heavy atom. The number of methoxy groups -OCH3 is 1. The van der Waals surface area contributed by atoms with Gasteiger partial charge in [-0.25, -0.2) is 0 Å². The SMILES string of the molecule is COc1cc(CO)c([N+](=O)[O-])cc1OC1CCC1=O. The Hall–Kier alpha value is -2.15. The summed E-state index contributed by atoms with van der Waals surface area (Å²) in [6.07, 6.45) is 0.495. The van der Waals surface area contributed by atoms with Crippen LogP contribution in [0.15, 0.2) is 12.1 Å². The van der Waals surface area contributed by atoms with Crippen molar-refractivity contribution < 1.29 is 24.3 Å². The molecule has 0 saturated heterocycles. The molecule has 0 aliphatic heterocycles. The van der Waals surface area contributed by atoms with Crippen molar-refractivity contribution in [3.63, 3.8) is 0 Å². The van der Waals surface area contributed by atoms with E-state index in [-0.39, 0.29) is 28.5 Å². The molecule has 0 bridgehead atoms. The lowest BCUT2D eigenvalue weighted by atomic mass is 9.94. The molecule has 1 aliphatic rings. The lowest BCUT2D eigenvalue weighted by Crippen LogP contribution is -2.36. The Labute approximate surface area is 108 Å². The number of hydrogen-bond donors (Lipinski definition) is 1. The molecule has 2 rings (SSSR count). The molecule has 1 unspecified atom stereocenters. The Balaban J connectivity index is 2.37. The Morgan fingerprint density at radius 1 is 1.47 bits per heavy atom. The van der Waals surface area contributed by atoms with Crippen molar-refractivity contribution in [2.75, 3.05) is 7.11 Å². The number of benzene rings is 1. The summed E-state index contributed by atoms with van der Waals surface area (Å²) in [5, 5.41) is 20.0. The maximum absolute atomic E-state index is 11.2. The number of nitro groups is 1. The predicted octanol–water partition coefficient (Wildman–Crippen LogP) is 1.21. The zero-order valence-electron chi connectivity index (χ0n) is 10.3. The second kappa shape index (κ2) is 5.23. The van der Waals surface area contributed by atoms with E-state index in [4.69, 9.17) is 14.6 Å². The quantitative estimate of drug-likeness (QED) is 0.635. The van der Waals surface area contributed by atoms with Gasteiger partial charge in [0.2, 0.25) is 0 Å². The Bertz CT molecular complexity index is 527. The van der Waals surface area contributed by atoms with Crippen molar-refractivity contribution in [2.45, 2.75) is 25.6 Å². The van der Waals surface area contributed by atoms with Crippen LogP contribution in [0.4, 0.5) is 5.69 Å². The van der Waals surface area contributed by atoms with E-state index in [1.54, 1.807) is 0 Å². The highest BCUT2D eigenvalue weighted by molar-refractivity contribution is 5.89. The zero-order chi connectivity index (χ0) is 14.0. The molecule has 0 amide bonds. The number of ketones is 1. The van der Waals surface area contributed by atoms with E-state index in [1.165, 1.54) is 19.2 Å². The Morgan fingerprint density at radius 3 is 2.63 bits per heavy atom. The summed E-state index contributed by atoms with van der Waals surface area (Å²) in [7, 11) is 1.39. The smallest absolute Gasteiger partial charge is 0.278 e. The van der Waals surface area contributed by atoms with E-state index in [9.17, 15) is 14.9 Å². The van der Waals surface area contributed by atoms with Crippen molar-refractivity contribution in [1.82, 2.24) is 0 Å². The number of ether oxygens (including phenoxy) is 2. The van der Waals surface area contributed by atoms with Gasteiger partial charge in [-0.2, -0.15) is 0 Å². The summed E-state index contributed by atoms with van der Waals surface area (Å²) in [6, 6.07) is 2.52. The van der Waals surface area contributed by atoms with Gasteiger partial charge in [0.1, 0.15) is 0 Å². The standard InChI is InChI=1S/C12H13NO6/c1-18-11-4-7(6-14)8(13(16)17)5-12(11)19-10-3-2-9(10)15/h4-5,10,14H,2-3,6H2,1H3. The van der Waals surface area contributed by atoms with E-state index < -0.39 is 17.6 Å². The number of carbonyl (C=O) groups is 1. The van der Waals surface area contributed by atoms with Gasteiger partial charge in [0, 0.05) is 6.42 Å². The van der Waals surface area contributed by atoms with Crippen molar-refractivity contribution in [3.05, 3.63) is 27.8 Å². The van der Waals surface area contributed by atoms with Crippen LogP contribution < -0.4 is 9.47 Å². The molecule has 19 heavy (non-hydrogen) atoms. The van der Waals surface area contributed by atoms with Crippen LogP contribution in [-0.2, 0) is 11.4 Å². The summed E-state index contributed by atoms with van der Waals surface area (Å²) in [5.41, 5.74) is -0.126. The van der Waals surface area contributed by atoms with Crippen molar-refractivity contribution in [1.29, 1.82) is 0 Å². The van der Waals surface area contributed by atoms with Gasteiger partial charge in [-0.3, -0.25) is 14.9 Å². The van der Waals surface area contributed by atoms with Crippen molar-refractivity contribution >= 4 is 11.5 Å². The van der Waals surface area contributed by atoms with Crippen LogP contribution in [0.5, 0.6) is 11.5 Å². The number of nitrogens with zero attached hydrogens (tertiary/aromatic N) is 1. The van der Waals surface area contributed by atoms with E-state index in [2.05, 4.69) is 0 Å². The minimum Gasteiger partial charge on any atom is -0.493 e. The molecular formula is C12H13NO6. The molecule has 1 aromatic rings. The fourth-order valence-corrected chi connectivity index (χ4v) is 1.80. The molecule has 1 aliphatic carbocycles. The summed E-state index contributed by atoms with van der Waals surface area (Å²) in [4.78, 5) is 21.5. The second-order valence-corrected chi connectivity index (χ2v) is 4.16. The summed E-state index contributed by atoms with van der Waals surface area (Å²) in [6.45, 7) is -0.477. The molecule has 1 atom stereocenters. The van der Waals surface area contributed by atoms with E-state index >= 15 is 0 Å². The van der Waals surface area contributed by atoms with Crippen LogP contribution >= 0.6 is 0 Å². The van der Waals surface area contributed by atoms with Crippen LogP contribution in [0.25, 0.3) is 0 Å². The van der Waals surface area contributed by atoms with Crippen LogP contribution in [-0.4, -0.2) is 29.0 Å². The van der Waals surface area contributed by atoms with Gasteiger partial charge >= 0.3 is 0 Å². The number of hydrogen-bond acceptors (Lipinski definition) is 6. The number of carbonyl (C=O) groups excluding carboxylic acids is 1. The van der Waals surface area contributed by atoms with E-state index in [0.717, 1.165) is 0 Å². The monoisotopic (exact) mass is 267 g/mol. The fraction of sp³-hybridized carbons (Fsp3) is 0.417. The summed E-state index contributed by atoms with van der Waals surface area (Å²) < 4.78 is 10.5. The Kier molecular flexibility index (Phi) is 3.66. The summed E-state index contributed by atoms with van der Waals surface area (Å²) >= 11 is 0. The van der Waals surface area contributed by atoms with Gasteiger partial charge < -0.3 is 14.6 Å². The van der Waals surface area contributed by atoms with Gasteiger partial charge in [0.15, 0.2) is 23.4 Å². The first-order chi connectivity index (χ1) is 9.06. The molecule has 1 aromatic carbocycles. The third-order valence-corrected chi connectivity index (χ3v) is 3.01. The molecule has 7 heteroatoms.